The van der Waals surface area contributed by atoms with Crippen molar-refractivity contribution in [1.82, 2.24) is 4.90 Å². The number of carboxylic acid groups (broad SMARTS) is 1. The molecule has 0 aromatic heterocycles. The number of hydrogen-bond acceptors (Lipinski definition) is 2. The maximum atomic E-state index is 10.7. The summed E-state index contributed by atoms with van der Waals surface area (Å²) in [5.41, 5.74) is 0. The van der Waals surface area contributed by atoms with Crippen LogP contribution in [0.2, 0.25) is 0 Å². The number of piperidine rings is 1. The molecule has 2 unspecified atom stereocenters. The fraction of sp³-hybridized carbons (Fsp3) is 0.944. The topological polar surface area (TPSA) is 40.5 Å². The Morgan fingerprint density at radius 1 is 1.00 bits per heavy atom. The minimum absolute atomic E-state index is 0.354. The maximum Gasteiger partial charge on any atom is 0.303 e. The zero-order valence-electron chi connectivity index (χ0n) is 13.7. The molecule has 3 nitrogen and oxygen atoms in total. The quantitative estimate of drug-likeness (QED) is 0.742. The Morgan fingerprint density at radius 2 is 1.71 bits per heavy atom. The second-order valence-corrected chi connectivity index (χ2v) is 7.23. The Hall–Kier alpha value is -0.570. The number of rotatable bonds is 6. The van der Waals surface area contributed by atoms with Gasteiger partial charge in [-0.05, 0) is 63.5 Å². The molecule has 3 heteroatoms. The molecule has 1 N–H and O–H groups in total. The monoisotopic (exact) mass is 295 g/mol. The average Bonchev–Trinajstić information content (AvgIpc) is 2.72. The third kappa shape index (κ3) is 5.61. The lowest BCUT2D eigenvalue weighted by Gasteiger charge is -2.37. The number of carboxylic acids is 1. The summed E-state index contributed by atoms with van der Waals surface area (Å²) in [6.07, 6.45) is 13.5. The van der Waals surface area contributed by atoms with Crippen LogP contribution in [0.25, 0.3) is 0 Å². The number of aliphatic carboxylic acids is 1. The van der Waals surface area contributed by atoms with Crippen LogP contribution in [0.4, 0.5) is 0 Å². The maximum absolute atomic E-state index is 10.7. The van der Waals surface area contributed by atoms with Crippen molar-refractivity contribution >= 4 is 5.97 Å². The first-order chi connectivity index (χ1) is 10.2. The standard InChI is InChI=1S/C18H33NO2/c1-2-4-15-5-3-6-17(9-7-15)19-13-11-16(12-14-19)8-10-18(20)21/h15-17H,2-14H2,1H3,(H,20,21). The van der Waals surface area contributed by atoms with Gasteiger partial charge in [-0.25, -0.2) is 0 Å². The summed E-state index contributed by atoms with van der Waals surface area (Å²) in [6.45, 7) is 4.71. The van der Waals surface area contributed by atoms with Crippen LogP contribution in [-0.2, 0) is 4.79 Å². The van der Waals surface area contributed by atoms with Gasteiger partial charge in [0.25, 0.3) is 0 Å². The van der Waals surface area contributed by atoms with E-state index in [9.17, 15) is 4.79 Å². The van der Waals surface area contributed by atoms with Gasteiger partial charge in [0.15, 0.2) is 0 Å². The summed E-state index contributed by atoms with van der Waals surface area (Å²) in [7, 11) is 0. The second-order valence-electron chi connectivity index (χ2n) is 7.23. The van der Waals surface area contributed by atoms with E-state index in [1.807, 2.05) is 0 Å². The van der Waals surface area contributed by atoms with Crippen LogP contribution >= 0.6 is 0 Å². The van der Waals surface area contributed by atoms with E-state index in [4.69, 9.17) is 5.11 Å². The summed E-state index contributed by atoms with van der Waals surface area (Å²) >= 11 is 0. The predicted octanol–water partition coefficient (Wildman–Crippen LogP) is 4.31. The third-order valence-corrected chi connectivity index (χ3v) is 5.69. The number of hydrogen-bond donors (Lipinski definition) is 1. The lowest BCUT2D eigenvalue weighted by Crippen LogP contribution is -2.41. The van der Waals surface area contributed by atoms with Crippen LogP contribution in [0.3, 0.4) is 0 Å². The molecule has 21 heavy (non-hydrogen) atoms. The van der Waals surface area contributed by atoms with E-state index in [2.05, 4.69) is 11.8 Å². The minimum atomic E-state index is -0.636. The van der Waals surface area contributed by atoms with Crippen LogP contribution in [0.15, 0.2) is 0 Å². The molecule has 2 aliphatic rings. The molecule has 0 bridgehead atoms. The average molecular weight is 295 g/mol. The van der Waals surface area contributed by atoms with Crippen LogP contribution < -0.4 is 0 Å². The van der Waals surface area contributed by atoms with E-state index in [1.165, 1.54) is 70.9 Å². The molecule has 0 amide bonds. The van der Waals surface area contributed by atoms with E-state index in [-0.39, 0.29) is 0 Å². The molecular formula is C18H33NO2. The molecule has 0 spiro atoms. The highest BCUT2D eigenvalue weighted by Crippen LogP contribution is 2.31. The first kappa shape index (κ1) is 16.8. The molecule has 122 valence electrons. The Balaban J connectivity index is 1.70. The molecule has 1 saturated heterocycles. The molecule has 0 aromatic rings. The summed E-state index contributed by atoms with van der Waals surface area (Å²) in [5.74, 6) is 0.993. The van der Waals surface area contributed by atoms with Crippen molar-refractivity contribution in [3.05, 3.63) is 0 Å². The summed E-state index contributed by atoms with van der Waals surface area (Å²) < 4.78 is 0. The van der Waals surface area contributed by atoms with Crippen molar-refractivity contribution in [2.24, 2.45) is 11.8 Å². The SMILES string of the molecule is CCCC1CCCC(N2CCC(CCC(=O)O)CC2)CC1. The fourth-order valence-corrected chi connectivity index (χ4v) is 4.36. The Morgan fingerprint density at radius 3 is 2.38 bits per heavy atom. The number of likely N-dealkylation sites (tertiary alicyclic amines) is 1. The highest BCUT2D eigenvalue weighted by Gasteiger charge is 2.27. The molecule has 0 aromatic carbocycles. The third-order valence-electron chi connectivity index (χ3n) is 5.69. The van der Waals surface area contributed by atoms with Gasteiger partial charge in [0.1, 0.15) is 0 Å². The van der Waals surface area contributed by atoms with Crippen LogP contribution in [0.1, 0.15) is 77.6 Å². The normalized spacial score (nSPS) is 29.2. The number of nitrogens with zero attached hydrogens (tertiary/aromatic N) is 1. The summed E-state index contributed by atoms with van der Waals surface area (Å²) in [4.78, 5) is 13.4. The molecule has 1 aliphatic heterocycles. The Kier molecular flexibility index (Phi) is 7.01. The van der Waals surface area contributed by atoms with Crippen LogP contribution in [-0.4, -0.2) is 35.1 Å². The number of carbonyl (C=O) groups is 1. The first-order valence-corrected chi connectivity index (χ1v) is 9.15. The molecule has 1 aliphatic carbocycles. The zero-order valence-corrected chi connectivity index (χ0v) is 13.7. The smallest absolute Gasteiger partial charge is 0.303 e. The minimum Gasteiger partial charge on any atom is -0.481 e. The summed E-state index contributed by atoms with van der Waals surface area (Å²) in [5, 5.41) is 8.79. The van der Waals surface area contributed by atoms with Gasteiger partial charge in [-0.2, -0.15) is 0 Å². The van der Waals surface area contributed by atoms with Crippen molar-refractivity contribution in [2.45, 2.75) is 83.6 Å². The van der Waals surface area contributed by atoms with Gasteiger partial charge in [0.2, 0.25) is 0 Å². The molecule has 1 heterocycles. The van der Waals surface area contributed by atoms with E-state index in [0.717, 1.165) is 18.4 Å². The lowest BCUT2D eigenvalue weighted by molar-refractivity contribution is -0.137. The predicted molar refractivity (Wildman–Crippen MR) is 86.4 cm³/mol. The fourth-order valence-electron chi connectivity index (χ4n) is 4.36. The molecule has 2 atom stereocenters. The zero-order chi connectivity index (χ0) is 15.1. The molecule has 2 rings (SSSR count). The van der Waals surface area contributed by atoms with E-state index >= 15 is 0 Å². The van der Waals surface area contributed by atoms with Gasteiger partial charge < -0.3 is 10.0 Å². The van der Waals surface area contributed by atoms with Gasteiger partial charge in [0.05, 0.1) is 0 Å². The summed E-state index contributed by atoms with van der Waals surface area (Å²) in [6, 6.07) is 0.812. The highest BCUT2D eigenvalue weighted by molar-refractivity contribution is 5.66. The van der Waals surface area contributed by atoms with E-state index in [0.29, 0.717) is 12.3 Å². The molecule has 2 fully saturated rings. The first-order valence-electron chi connectivity index (χ1n) is 9.15. The van der Waals surface area contributed by atoms with Crippen molar-refractivity contribution in [3.8, 4) is 0 Å². The van der Waals surface area contributed by atoms with Crippen LogP contribution in [0.5, 0.6) is 0 Å². The molecule has 0 radical (unpaired) electrons. The van der Waals surface area contributed by atoms with Crippen molar-refractivity contribution in [2.75, 3.05) is 13.1 Å². The largest absolute Gasteiger partial charge is 0.481 e. The van der Waals surface area contributed by atoms with Gasteiger partial charge in [-0.1, -0.05) is 32.6 Å². The van der Waals surface area contributed by atoms with E-state index in [1.54, 1.807) is 0 Å². The molecule has 1 saturated carbocycles. The van der Waals surface area contributed by atoms with Crippen molar-refractivity contribution in [3.63, 3.8) is 0 Å². The second kappa shape index (κ2) is 8.77. The van der Waals surface area contributed by atoms with E-state index < -0.39 is 5.97 Å². The van der Waals surface area contributed by atoms with Gasteiger partial charge in [-0.15, -0.1) is 0 Å². The van der Waals surface area contributed by atoms with Crippen LogP contribution in [0, 0.1) is 11.8 Å². The highest BCUT2D eigenvalue weighted by atomic mass is 16.4. The lowest BCUT2D eigenvalue weighted by atomic mass is 9.90. The van der Waals surface area contributed by atoms with Gasteiger partial charge in [-0.3, -0.25) is 4.79 Å². The van der Waals surface area contributed by atoms with Gasteiger partial charge in [0, 0.05) is 12.5 Å². The van der Waals surface area contributed by atoms with Gasteiger partial charge >= 0.3 is 5.97 Å². The molecular weight excluding hydrogens is 262 g/mol. The van der Waals surface area contributed by atoms with Crippen molar-refractivity contribution in [1.29, 1.82) is 0 Å². The Labute approximate surface area is 130 Å². The van der Waals surface area contributed by atoms with Crippen molar-refractivity contribution < 1.29 is 9.90 Å². The Bertz CT molecular complexity index is 310.